The van der Waals surface area contributed by atoms with Crippen molar-refractivity contribution < 1.29 is 8.83 Å². The van der Waals surface area contributed by atoms with E-state index in [0.29, 0.717) is 0 Å². The van der Waals surface area contributed by atoms with Gasteiger partial charge in [-0.1, -0.05) is 30.3 Å². The van der Waals surface area contributed by atoms with Crippen molar-refractivity contribution in [2.45, 2.75) is 20.8 Å². The van der Waals surface area contributed by atoms with Gasteiger partial charge in [-0.3, -0.25) is 4.99 Å². The molecule has 0 radical (unpaired) electrons. The van der Waals surface area contributed by atoms with Crippen molar-refractivity contribution in [3.05, 3.63) is 90.0 Å². The summed E-state index contributed by atoms with van der Waals surface area (Å²) in [5.74, 6) is 1.60. The highest BCUT2D eigenvalue weighted by Crippen LogP contribution is 2.27. The van der Waals surface area contributed by atoms with Crippen LogP contribution in [0.25, 0.3) is 27.9 Å². The summed E-state index contributed by atoms with van der Waals surface area (Å²) in [6.45, 7) is 6.10. The first-order valence-corrected chi connectivity index (χ1v) is 8.98. The van der Waals surface area contributed by atoms with E-state index in [9.17, 15) is 0 Å². The maximum atomic E-state index is 6.06. The van der Waals surface area contributed by atoms with Crippen molar-refractivity contribution in [3.8, 4) is 11.3 Å². The topological polar surface area (TPSA) is 38.6 Å². The number of hydrogen-bond acceptors (Lipinski definition) is 3. The van der Waals surface area contributed by atoms with Crippen LogP contribution in [-0.4, -0.2) is 5.71 Å². The van der Waals surface area contributed by atoms with Crippen LogP contribution in [-0.2, 0) is 0 Å². The van der Waals surface area contributed by atoms with Gasteiger partial charge in [-0.25, -0.2) is 0 Å². The van der Waals surface area contributed by atoms with Gasteiger partial charge in [0.25, 0.3) is 0 Å². The van der Waals surface area contributed by atoms with E-state index in [1.165, 1.54) is 5.56 Å². The van der Waals surface area contributed by atoms with Gasteiger partial charge in [0, 0.05) is 16.6 Å². The maximum absolute atomic E-state index is 6.06. The van der Waals surface area contributed by atoms with Gasteiger partial charge in [-0.2, -0.15) is 0 Å². The van der Waals surface area contributed by atoms with Crippen molar-refractivity contribution in [1.29, 1.82) is 0 Å². The fraction of sp³-hybridized carbons (Fsp3) is 0.125. The Hall–Kier alpha value is -3.33. The second kappa shape index (κ2) is 7.12. The Morgan fingerprint density at radius 3 is 2.48 bits per heavy atom. The molecule has 0 aliphatic rings. The molecular formula is C24H21NO2. The summed E-state index contributed by atoms with van der Waals surface area (Å²) in [6.07, 6.45) is 1.70. The third kappa shape index (κ3) is 3.49. The van der Waals surface area contributed by atoms with E-state index in [0.717, 1.165) is 45.0 Å². The zero-order chi connectivity index (χ0) is 18.8. The number of hydrogen-bond donors (Lipinski definition) is 0. The van der Waals surface area contributed by atoms with E-state index >= 15 is 0 Å². The Morgan fingerprint density at radius 1 is 0.852 bits per heavy atom. The molecule has 0 fully saturated rings. The summed E-state index contributed by atoms with van der Waals surface area (Å²) in [6, 6.07) is 22.2. The molecule has 2 aromatic carbocycles. The number of fused-ring (bicyclic) bond motifs is 1. The molecule has 4 rings (SSSR count). The number of aliphatic imine (C=N–C) groups is 1. The van der Waals surface area contributed by atoms with Gasteiger partial charge in [0.15, 0.2) is 0 Å². The Kier molecular flexibility index (Phi) is 4.51. The lowest BCUT2D eigenvalue weighted by Gasteiger charge is -2.05. The molecule has 0 saturated heterocycles. The molecule has 0 N–H and O–H groups in total. The summed E-state index contributed by atoms with van der Waals surface area (Å²) in [5.41, 5.74) is 6.08. The van der Waals surface area contributed by atoms with Crippen molar-refractivity contribution in [2.75, 3.05) is 0 Å². The fourth-order valence-electron chi connectivity index (χ4n) is 3.09. The van der Waals surface area contributed by atoms with Crippen molar-refractivity contribution in [3.63, 3.8) is 0 Å². The average Bonchev–Trinajstić information content (AvgIpc) is 3.36. The van der Waals surface area contributed by atoms with Crippen LogP contribution in [0.4, 0.5) is 0 Å². The summed E-state index contributed by atoms with van der Waals surface area (Å²) in [5, 5.41) is 1.06. The number of nitrogens with zero attached hydrogens (tertiary/aromatic N) is 1. The molecule has 134 valence electrons. The second-order valence-corrected chi connectivity index (χ2v) is 6.61. The predicted octanol–water partition coefficient (Wildman–Crippen LogP) is 6.95. The van der Waals surface area contributed by atoms with Crippen LogP contribution in [0.2, 0.25) is 0 Å². The molecule has 0 spiro atoms. The molecule has 2 aromatic heterocycles. The summed E-state index contributed by atoms with van der Waals surface area (Å²) in [4.78, 5) is 4.76. The normalized spacial score (nSPS) is 13.1. The first-order valence-electron chi connectivity index (χ1n) is 8.98. The standard InChI is InChI=1S/C24H21NO2/c1-16(19-7-5-4-6-8-19)17(2)25-18(3)22-11-12-24(27-22)20-9-10-23-21(15-20)13-14-26-23/h4-15H,1-3H3/b17-16+,25-18?. The first-order chi connectivity index (χ1) is 13.1. The van der Waals surface area contributed by atoms with Gasteiger partial charge >= 0.3 is 0 Å². The largest absolute Gasteiger partial charge is 0.464 e. The van der Waals surface area contributed by atoms with Gasteiger partial charge < -0.3 is 8.83 Å². The molecule has 2 heterocycles. The molecular weight excluding hydrogens is 334 g/mol. The maximum Gasteiger partial charge on any atom is 0.148 e. The van der Waals surface area contributed by atoms with E-state index in [4.69, 9.17) is 13.8 Å². The smallest absolute Gasteiger partial charge is 0.148 e. The lowest BCUT2D eigenvalue weighted by atomic mass is 10.1. The predicted molar refractivity (Wildman–Crippen MR) is 111 cm³/mol. The SMILES string of the molecule is CC(=N/C(C)=C(\C)c1ccccc1)c1ccc(-c2ccc3occc3c2)o1. The molecule has 27 heavy (non-hydrogen) atoms. The Morgan fingerprint density at radius 2 is 1.67 bits per heavy atom. The third-order valence-corrected chi connectivity index (χ3v) is 4.78. The molecule has 4 aromatic rings. The molecule has 3 heteroatoms. The van der Waals surface area contributed by atoms with Gasteiger partial charge in [0.2, 0.25) is 0 Å². The van der Waals surface area contributed by atoms with Crippen LogP contribution >= 0.6 is 0 Å². The van der Waals surface area contributed by atoms with E-state index in [1.807, 2.05) is 62.4 Å². The molecule has 0 unspecified atom stereocenters. The van der Waals surface area contributed by atoms with Crippen LogP contribution in [0.15, 0.2) is 92.5 Å². The Labute approximate surface area is 158 Å². The Bertz CT molecular complexity index is 1140. The van der Waals surface area contributed by atoms with Gasteiger partial charge in [-0.05, 0) is 68.3 Å². The zero-order valence-corrected chi connectivity index (χ0v) is 15.7. The minimum Gasteiger partial charge on any atom is -0.464 e. The van der Waals surface area contributed by atoms with Gasteiger partial charge in [-0.15, -0.1) is 0 Å². The van der Waals surface area contributed by atoms with Crippen LogP contribution < -0.4 is 0 Å². The number of rotatable bonds is 4. The molecule has 0 aliphatic heterocycles. The van der Waals surface area contributed by atoms with E-state index in [2.05, 4.69) is 25.1 Å². The second-order valence-electron chi connectivity index (χ2n) is 6.61. The molecule has 0 aliphatic carbocycles. The van der Waals surface area contributed by atoms with E-state index in [-0.39, 0.29) is 0 Å². The molecule has 0 amide bonds. The quantitative estimate of drug-likeness (QED) is 0.371. The number of furan rings is 2. The zero-order valence-electron chi connectivity index (χ0n) is 15.7. The van der Waals surface area contributed by atoms with Crippen LogP contribution in [0.3, 0.4) is 0 Å². The first kappa shape index (κ1) is 17.1. The molecule has 0 saturated carbocycles. The van der Waals surface area contributed by atoms with E-state index in [1.54, 1.807) is 6.26 Å². The monoisotopic (exact) mass is 355 g/mol. The molecule has 0 atom stereocenters. The highest BCUT2D eigenvalue weighted by Gasteiger charge is 2.09. The van der Waals surface area contributed by atoms with Crippen LogP contribution in [0.5, 0.6) is 0 Å². The van der Waals surface area contributed by atoms with Crippen molar-refractivity contribution in [2.24, 2.45) is 4.99 Å². The number of allylic oxidation sites excluding steroid dienone is 2. The van der Waals surface area contributed by atoms with Crippen LogP contribution in [0.1, 0.15) is 32.1 Å². The molecule has 3 nitrogen and oxygen atoms in total. The summed E-state index contributed by atoms with van der Waals surface area (Å²) >= 11 is 0. The highest BCUT2D eigenvalue weighted by atomic mass is 16.3. The number of benzene rings is 2. The van der Waals surface area contributed by atoms with Crippen molar-refractivity contribution in [1.82, 2.24) is 0 Å². The van der Waals surface area contributed by atoms with Crippen LogP contribution in [0, 0.1) is 0 Å². The van der Waals surface area contributed by atoms with Gasteiger partial charge in [0.05, 0.1) is 12.0 Å². The fourth-order valence-corrected chi connectivity index (χ4v) is 3.09. The minimum absolute atomic E-state index is 0.775. The van der Waals surface area contributed by atoms with E-state index < -0.39 is 0 Å². The summed E-state index contributed by atoms with van der Waals surface area (Å²) < 4.78 is 11.5. The lowest BCUT2D eigenvalue weighted by molar-refractivity contribution is 0.572. The minimum atomic E-state index is 0.775. The average molecular weight is 355 g/mol. The van der Waals surface area contributed by atoms with Crippen molar-refractivity contribution >= 4 is 22.3 Å². The molecule has 0 bridgehead atoms. The summed E-state index contributed by atoms with van der Waals surface area (Å²) in [7, 11) is 0. The third-order valence-electron chi connectivity index (χ3n) is 4.78. The Balaban J connectivity index is 1.63. The van der Waals surface area contributed by atoms with Gasteiger partial charge in [0.1, 0.15) is 17.1 Å². The highest BCUT2D eigenvalue weighted by molar-refractivity contribution is 5.98. The lowest BCUT2D eigenvalue weighted by Crippen LogP contribution is -1.93.